The van der Waals surface area contributed by atoms with Gasteiger partial charge >= 0.3 is 0 Å². The van der Waals surface area contributed by atoms with E-state index < -0.39 is 10.0 Å². The fourth-order valence-electron chi connectivity index (χ4n) is 6.95. The molecule has 9 heteroatoms. The minimum Gasteiger partial charge on any atom is -0.395 e. The predicted molar refractivity (Wildman–Crippen MR) is 126 cm³/mol. The number of amides is 2. The van der Waals surface area contributed by atoms with Gasteiger partial charge in [-0.1, -0.05) is 6.42 Å². The van der Waals surface area contributed by atoms with Gasteiger partial charge in [0, 0.05) is 32.0 Å². The van der Waals surface area contributed by atoms with Crippen molar-refractivity contribution in [3.63, 3.8) is 0 Å². The van der Waals surface area contributed by atoms with Gasteiger partial charge in [0.1, 0.15) is 0 Å². The quantitative estimate of drug-likeness (QED) is 0.600. The van der Waals surface area contributed by atoms with Crippen LogP contribution in [-0.2, 0) is 19.6 Å². The van der Waals surface area contributed by atoms with Crippen LogP contribution >= 0.6 is 0 Å². The Hall–Kier alpha value is -1.19. The minimum atomic E-state index is -3.37. The van der Waals surface area contributed by atoms with Gasteiger partial charge in [-0.25, -0.2) is 13.1 Å². The van der Waals surface area contributed by atoms with Crippen molar-refractivity contribution in [2.24, 2.45) is 17.8 Å². The van der Waals surface area contributed by atoms with E-state index in [1.165, 1.54) is 0 Å². The molecular formula is C24H41N3O5S. The normalized spacial score (nSPS) is 35.6. The number of fused-ring (bicyclic) bond motifs is 1. The van der Waals surface area contributed by atoms with Crippen molar-refractivity contribution in [1.29, 1.82) is 0 Å². The highest BCUT2D eigenvalue weighted by atomic mass is 32.2. The Labute approximate surface area is 198 Å². The smallest absolute Gasteiger partial charge is 0.226 e. The molecule has 0 aromatic carbocycles. The molecule has 33 heavy (non-hydrogen) atoms. The second-order valence-electron chi connectivity index (χ2n) is 10.8. The molecular weight excluding hydrogens is 442 g/mol. The first-order valence-electron chi connectivity index (χ1n) is 12.9. The number of nitrogens with one attached hydrogen (secondary N) is 1. The lowest BCUT2D eigenvalue weighted by Gasteiger charge is -2.55. The van der Waals surface area contributed by atoms with Crippen molar-refractivity contribution in [2.75, 3.05) is 19.7 Å². The summed E-state index contributed by atoms with van der Waals surface area (Å²) in [5.74, 6) is 1.50. The lowest BCUT2D eigenvalue weighted by molar-refractivity contribution is -0.159. The Morgan fingerprint density at radius 3 is 2.21 bits per heavy atom. The molecule has 4 rings (SSSR count). The first kappa shape index (κ1) is 24.9. The summed E-state index contributed by atoms with van der Waals surface area (Å²) in [7, 11) is -3.37. The molecule has 0 bridgehead atoms. The van der Waals surface area contributed by atoms with E-state index in [-0.39, 0.29) is 54.3 Å². The average molecular weight is 484 g/mol. The Morgan fingerprint density at radius 2 is 1.64 bits per heavy atom. The van der Waals surface area contributed by atoms with E-state index in [2.05, 4.69) is 16.5 Å². The fraction of sp³-hybridized carbons (Fsp3) is 0.917. The van der Waals surface area contributed by atoms with E-state index in [0.717, 1.165) is 51.4 Å². The molecule has 0 aromatic heterocycles. The van der Waals surface area contributed by atoms with E-state index in [4.69, 9.17) is 5.11 Å². The number of rotatable bonds is 6. The molecule has 4 aliphatic rings. The Balaban J connectivity index is 1.43. The maximum Gasteiger partial charge on any atom is 0.226 e. The van der Waals surface area contributed by atoms with Gasteiger partial charge in [-0.2, -0.15) is 0 Å². The molecule has 1 saturated heterocycles. The topological polar surface area (TPSA) is 107 Å². The van der Waals surface area contributed by atoms with E-state index in [1.54, 1.807) is 6.92 Å². The summed E-state index contributed by atoms with van der Waals surface area (Å²) >= 11 is 0. The zero-order valence-corrected chi connectivity index (χ0v) is 20.9. The van der Waals surface area contributed by atoms with Crippen LogP contribution in [0.4, 0.5) is 0 Å². The van der Waals surface area contributed by atoms with Crippen LogP contribution in [0.3, 0.4) is 0 Å². The van der Waals surface area contributed by atoms with Crippen LogP contribution in [0, 0.1) is 17.8 Å². The van der Waals surface area contributed by atoms with Gasteiger partial charge in [0.2, 0.25) is 21.8 Å². The van der Waals surface area contributed by atoms with E-state index in [1.807, 2.05) is 4.90 Å². The Kier molecular flexibility index (Phi) is 7.70. The van der Waals surface area contributed by atoms with Crippen LogP contribution in [0.1, 0.15) is 78.1 Å². The van der Waals surface area contributed by atoms with Gasteiger partial charge in [0.25, 0.3) is 0 Å². The van der Waals surface area contributed by atoms with Crippen LogP contribution in [0.15, 0.2) is 0 Å². The summed E-state index contributed by atoms with van der Waals surface area (Å²) in [6.07, 6.45) is 9.06. The molecule has 1 aliphatic heterocycles. The molecule has 0 aromatic rings. The second-order valence-corrected chi connectivity index (χ2v) is 12.8. The lowest BCUT2D eigenvalue weighted by Crippen LogP contribution is -2.67. The van der Waals surface area contributed by atoms with E-state index in [9.17, 15) is 18.0 Å². The maximum absolute atomic E-state index is 13.3. The van der Waals surface area contributed by atoms with E-state index >= 15 is 0 Å². The first-order valence-corrected chi connectivity index (χ1v) is 14.5. The van der Waals surface area contributed by atoms with Gasteiger partial charge in [0.15, 0.2) is 0 Å². The number of carbonyl (C=O) groups is 2. The number of aliphatic hydroxyl groups excluding tert-OH is 1. The Bertz CT molecular complexity index is 822. The predicted octanol–water partition coefficient (Wildman–Crippen LogP) is 1.87. The highest BCUT2D eigenvalue weighted by Gasteiger charge is 2.49. The van der Waals surface area contributed by atoms with Crippen LogP contribution in [0.2, 0.25) is 0 Å². The fourth-order valence-corrected chi connectivity index (χ4v) is 8.45. The van der Waals surface area contributed by atoms with Crippen molar-refractivity contribution in [2.45, 2.75) is 101 Å². The summed E-state index contributed by atoms with van der Waals surface area (Å²) in [6, 6.07) is 0.243. The summed E-state index contributed by atoms with van der Waals surface area (Å²) in [5, 5.41) is 8.56. The third kappa shape index (κ3) is 5.10. The molecule has 4 unspecified atom stereocenters. The van der Waals surface area contributed by atoms with Crippen LogP contribution in [0.25, 0.3) is 0 Å². The molecule has 4 fully saturated rings. The number of nitrogens with zero attached hydrogens (tertiary/aromatic N) is 2. The number of piperazine rings is 1. The second kappa shape index (κ2) is 10.2. The van der Waals surface area contributed by atoms with Crippen LogP contribution in [-0.4, -0.2) is 78.2 Å². The van der Waals surface area contributed by atoms with Crippen molar-refractivity contribution in [1.82, 2.24) is 14.5 Å². The number of hydrogen-bond acceptors (Lipinski definition) is 5. The summed E-state index contributed by atoms with van der Waals surface area (Å²) in [5.41, 5.74) is 0. The molecule has 3 saturated carbocycles. The number of hydrogen-bond donors (Lipinski definition) is 2. The molecule has 1 heterocycles. The molecule has 8 nitrogen and oxygen atoms in total. The third-order valence-corrected chi connectivity index (χ3v) is 10.8. The summed E-state index contributed by atoms with van der Waals surface area (Å²) < 4.78 is 27.4. The maximum atomic E-state index is 13.3. The summed E-state index contributed by atoms with van der Waals surface area (Å²) in [6.45, 7) is 4.23. The molecule has 4 atom stereocenters. The largest absolute Gasteiger partial charge is 0.395 e. The zero-order chi connectivity index (χ0) is 23.8. The van der Waals surface area contributed by atoms with E-state index in [0.29, 0.717) is 31.2 Å². The first-order chi connectivity index (χ1) is 15.7. The standard InChI is InChI=1S/C24H41N3O5S/c1-16-15-26(24(30)19-4-3-5-19)23-14-20(8-11-22(23)27(16)17(2)29)18-6-9-21(10-7-18)33(31,32)25-12-13-28/h16,18-23,25,28H,3-15H2,1-2H3. The minimum absolute atomic E-state index is 0.0522. The average Bonchev–Trinajstić information content (AvgIpc) is 2.75. The van der Waals surface area contributed by atoms with Crippen molar-refractivity contribution >= 4 is 21.8 Å². The monoisotopic (exact) mass is 483 g/mol. The van der Waals surface area contributed by atoms with Gasteiger partial charge in [-0.15, -0.1) is 0 Å². The highest BCUT2D eigenvalue weighted by molar-refractivity contribution is 7.90. The number of aliphatic hydroxyl groups is 1. The van der Waals surface area contributed by atoms with Crippen molar-refractivity contribution in [3.8, 4) is 0 Å². The summed E-state index contributed by atoms with van der Waals surface area (Å²) in [4.78, 5) is 29.9. The van der Waals surface area contributed by atoms with Crippen molar-refractivity contribution < 1.29 is 23.1 Å². The zero-order valence-electron chi connectivity index (χ0n) is 20.1. The SMILES string of the molecule is CC(=O)N1C(C)CN(C(=O)C2CCC2)C2CC(C3CCC(S(=O)(=O)NCCO)CC3)CCC21. The van der Waals surface area contributed by atoms with Gasteiger partial charge in [-0.3, -0.25) is 9.59 Å². The van der Waals surface area contributed by atoms with Gasteiger partial charge in [0.05, 0.1) is 23.9 Å². The lowest BCUT2D eigenvalue weighted by atomic mass is 9.69. The van der Waals surface area contributed by atoms with Crippen molar-refractivity contribution in [3.05, 3.63) is 0 Å². The Morgan fingerprint density at radius 1 is 0.970 bits per heavy atom. The van der Waals surface area contributed by atoms with Gasteiger partial charge in [-0.05, 0) is 76.5 Å². The molecule has 2 N–H and O–H groups in total. The van der Waals surface area contributed by atoms with Crippen LogP contribution < -0.4 is 4.72 Å². The third-order valence-electron chi connectivity index (χ3n) is 8.86. The molecule has 0 radical (unpaired) electrons. The molecule has 188 valence electrons. The van der Waals surface area contributed by atoms with Crippen LogP contribution in [0.5, 0.6) is 0 Å². The highest BCUT2D eigenvalue weighted by Crippen LogP contribution is 2.44. The molecule has 2 amide bonds. The molecule has 0 spiro atoms. The molecule has 3 aliphatic carbocycles. The number of sulfonamides is 1. The number of carbonyl (C=O) groups excluding carboxylic acids is 2. The van der Waals surface area contributed by atoms with Gasteiger partial charge < -0.3 is 14.9 Å².